The number of hydrogen-bond donors (Lipinski definition) is 1. The van der Waals surface area contributed by atoms with Gasteiger partial charge in [0.15, 0.2) is 0 Å². The van der Waals surface area contributed by atoms with Gasteiger partial charge in [-0.2, -0.15) is 0 Å². The van der Waals surface area contributed by atoms with Crippen molar-refractivity contribution >= 4 is 40.4 Å². The first-order valence-corrected chi connectivity index (χ1v) is 10.9. The number of benzene rings is 3. The third kappa shape index (κ3) is 4.19. The number of amides is 2. The molecule has 0 aromatic heterocycles. The van der Waals surface area contributed by atoms with Crippen LogP contribution in [0.3, 0.4) is 0 Å². The second-order valence-electron chi connectivity index (χ2n) is 8.99. The Morgan fingerprint density at radius 1 is 0.781 bits per heavy atom. The largest absolute Gasteiger partial charge is 0.350 e. The van der Waals surface area contributed by atoms with Gasteiger partial charge < -0.3 is 5.32 Å². The van der Waals surface area contributed by atoms with Crippen molar-refractivity contribution in [3.05, 3.63) is 100 Å². The Balaban J connectivity index is 1.77. The van der Waals surface area contributed by atoms with E-state index in [1.54, 1.807) is 36.4 Å². The summed E-state index contributed by atoms with van der Waals surface area (Å²) in [6.07, 6.45) is 0. The normalized spacial score (nSPS) is 14.3. The van der Waals surface area contributed by atoms with Gasteiger partial charge in [0.2, 0.25) is 0 Å². The average Bonchev–Trinajstić information content (AvgIpc) is 2.99. The Morgan fingerprint density at radius 3 is 1.94 bits per heavy atom. The maximum absolute atomic E-state index is 13.4. The lowest BCUT2D eigenvalue weighted by atomic mass is 9.87. The topological polar surface area (TPSA) is 49.4 Å². The first-order valence-electron chi connectivity index (χ1n) is 10.5. The van der Waals surface area contributed by atoms with Gasteiger partial charge in [-0.3, -0.25) is 9.59 Å². The van der Waals surface area contributed by atoms with Crippen LogP contribution in [0.25, 0.3) is 5.57 Å². The van der Waals surface area contributed by atoms with Crippen LogP contribution in [0.1, 0.15) is 37.5 Å². The van der Waals surface area contributed by atoms with E-state index >= 15 is 0 Å². The maximum atomic E-state index is 13.4. The molecule has 0 bridgehead atoms. The zero-order valence-corrected chi connectivity index (χ0v) is 19.3. The highest BCUT2D eigenvalue weighted by Crippen LogP contribution is 2.34. The maximum Gasteiger partial charge on any atom is 0.282 e. The molecule has 32 heavy (non-hydrogen) atoms. The molecule has 0 unspecified atom stereocenters. The van der Waals surface area contributed by atoms with Crippen molar-refractivity contribution in [1.82, 2.24) is 0 Å². The predicted octanol–water partition coefficient (Wildman–Crippen LogP) is 6.34. The first kappa shape index (κ1) is 21.8. The highest BCUT2D eigenvalue weighted by molar-refractivity contribution is 6.46. The molecule has 162 valence electrons. The smallest absolute Gasteiger partial charge is 0.282 e. The van der Waals surface area contributed by atoms with Crippen molar-refractivity contribution < 1.29 is 9.59 Å². The number of halogens is 1. The van der Waals surface area contributed by atoms with Crippen molar-refractivity contribution in [2.24, 2.45) is 0 Å². The minimum Gasteiger partial charge on any atom is -0.350 e. The third-order valence-corrected chi connectivity index (χ3v) is 5.78. The number of carbonyl (C=O) groups excluding carboxylic acids is 2. The van der Waals surface area contributed by atoms with Crippen LogP contribution in [0.2, 0.25) is 5.02 Å². The molecule has 3 aromatic carbocycles. The van der Waals surface area contributed by atoms with Crippen molar-refractivity contribution in [1.29, 1.82) is 0 Å². The molecule has 0 fully saturated rings. The van der Waals surface area contributed by atoms with Crippen LogP contribution < -0.4 is 10.2 Å². The van der Waals surface area contributed by atoms with Crippen LogP contribution in [0.5, 0.6) is 0 Å². The SMILES string of the molecule is Cc1ccc(N2C(=O)C(Nc3ccc(C(C)(C)C)cc3)=C(c3ccc(Cl)cc3)C2=O)cc1. The summed E-state index contributed by atoms with van der Waals surface area (Å²) in [6, 6.07) is 22.2. The second kappa shape index (κ2) is 8.29. The van der Waals surface area contributed by atoms with Crippen molar-refractivity contribution in [3.8, 4) is 0 Å². The molecule has 4 rings (SSSR count). The molecule has 4 nitrogen and oxygen atoms in total. The van der Waals surface area contributed by atoms with Crippen LogP contribution in [0.4, 0.5) is 11.4 Å². The number of imide groups is 1. The van der Waals surface area contributed by atoms with E-state index in [0.717, 1.165) is 11.3 Å². The fourth-order valence-corrected chi connectivity index (χ4v) is 3.78. The van der Waals surface area contributed by atoms with Crippen molar-refractivity contribution in [3.63, 3.8) is 0 Å². The molecule has 1 aliphatic rings. The zero-order chi connectivity index (χ0) is 23.0. The number of rotatable bonds is 4. The van der Waals surface area contributed by atoms with Crippen LogP contribution >= 0.6 is 11.6 Å². The fourth-order valence-electron chi connectivity index (χ4n) is 3.66. The molecule has 0 saturated heterocycles. The lowest BCUT2D eigenvalue weighted by Crippen LogP contribution is -2.32. The molecule has 3 aromatic rings. The summed E-state index contributed by atoms with van der Waals surface area (Å²) in [6.45, 7) is 8.41. The Morgan fingerprint density at radius 2 is 1.38 bits per heavy atom. The number of hydrogen-bond acceptors (Lipinski definition) is 3. The lowest BCUT2D eigenvalue weighted by molar-refractivity contribution is -0.120. The summed E-state index contributed by atoms with van der Waals surface area (Å²) < 4.78 is 0. The highest BCUT2D eigenvalue weighted by atomic mass is 35.5. The zero-order valence-electron chi connectivity index (χ0n) is 18.6. The number of nitrogens with one attached hydrogen (secondary N) is 1. The van der Waals surface area contributed by atoms with Crippen LogP contribution in [0, 0.1) is 6.92 Å². The van der Waals surface area contributed by atoms with Crippen molar-refractivity contribution in [2.45, 2.75) is 33.1 Å². The minimum absolute atomic E-state index is 0.0215. The number of anilines is 2. The molecule has 0 aliphatic carbocycles. The second-order valence-corrected chi connectivity index (χ2v) is 9.43. The molecule has 5 heteroatoms. The Hall–Kier alpha value is -3.37. The van der Waals surface area contributed by atoms with Gasteiger partial charge in [-0.25, -0.2) is 4.90 Å². The van der Waals surface area contributed by atoms with Crippen LogP contribution in [-0.2, 0) is 15.0 Å². The molecule has 0 atom stereocenters. The summed E-state index contributed by atoms with van der Waals surface area (Å²) in [5.41, 5.74) is 4.75. The molecule has 0 radical (unpaired) electrons. The molecular weight excluding hydrogens is 420 g/mol. The van der Waals surface area contributed by atoms with E-state index in [-0.39, 0.29) is 22.9 Å². The monoisotopic (exact) mass is 444 g/mol. The predicted molar refractivity (Wildman–Crippen MR) is 131 cm³/mol. The average molecular weight is 445 g/mol. The van der Waals surface area contributed by atoms with E-state index in [1.165, 1.54) is 10.5 Å². The van der Waals surface area contributed by atoms with E-state index in [2.05, 4.69) is 26.1 Å². The summed E-state index contributed by atoms with van der Waals surface area (Å²) in [5.74, 6) is -0.751. The molecule has 2 amide bonds. The molecule has 1 aliphatic heterocycles. The number of carbonyl (C=O) groups is 2. The summed E-state index contributed by atoms with van der Waals surface area (Å²) in [5, 5.41) is 3.77. The van der Waals surface area contributed by atoms with Gasteiger partial charge >= 0.3 is 0 Å². The standard InChI is InChI=1S/C27H25ClN2O2/c1-17-5-15-22(16-6-17)30-25(31)23(18-7-11-20(28)12-8-18)24(26(30)32)29-21-13-9-19(10-14-21)27(2,3)4/h5-16,29H,1-4H3. The quantitative estimate of drug-likeness (QED) is 0.477. The molecule has 1 N–H and O–H groups in total. The summed E-state index contributed by atoms with van der Waals surface area (Å²) in [4.78, 5) is 28.1. The van der Waals surface area contributed by atoms with Gasteiger partial charge in [0, 0.05) is 10.7 Å². The van der Waals surface area contributed by atoms with E-state index in [1.807, 2.05) is 43.3 Å². The van der Waals surface area contributed by atoms with E-state index in [9.17, 15) is 9.59 Å². The molecule has 0 spiro atoms. The molecular formula is C27H25ClN2O2. The van der Waals surface area contributed by atoms with Gasteiger partial charge in [-0.1, -0.05) is 74.3 Å². The van der Waals surface area contributed by atoms with E-state index < -0.39 is 0 Å². The van der Waals surface area contributed by atoms with Gasteiger partial charge in [0.25, 0.3) is 11.8 Å². The van der Waals surface area contributed by atoms with Gasteiger partial charge in [0.05, 0.1) is 11.3 Å². The Bertz CT molecular complexity index is 1200. The van der Waals surface area contributed by atoms with Gasteiger partial charge in [0.1, 0.15) is 5.70 Å². The number of aryl methyl sites for hydroxylation is 1. The lowest BCUT2D eigenvalue weighted by Gasteiger charge is -2.19. The Labute approximate surface area is 193 Å². The first-order chi connectivity index (χ1) is 15.1. The van der Waals surface area contributed by atoms with Crippen LogP contribution in [0.15, 0.2) is 78.5 Å². The third-order valence-electron chi connectivity index (χ3n) is 5.53. The van der Waals surface area contributed by atoms with Gasteiger partial charge in [-0.15, -0.1) is 0 Å². The highest BCUT2D eigenvalue weighted by Gasteiger charge is 2.40. The fraction of sp³-hybridized carbons (Fsp3) is 0.185. The Kier molecular flexibility index (Phi) is 5.66. The molecule has 0 saturated carbocycles. The van der Waals surface area contributed by atoms with E-state index in [0.29, 0.717) is 21.8 Å². The minimum atomic E-state index is -0.385. The van der Waals surface area contributed by atoms with Gasteiger partial charge in [-0.05, 0) is 59.9 Å². The number of nitrogens with zero attached hydrogens (tertiary/aromatic N) is 1. The van der Waals surface area contributed by atoms with Crippen molar-refractivity contribution in [2.75, 3.05) is 10.2 Å². The molecule has 1 heterocycles. The summed E-state index contributed by atoms with van der Waals surface area (Å²) in [7, 11) is 0. The summed E-state index contributed by atoms with van der Waals surface area (Å²) >= 11 is 6.05. The van der Waals surface area contributed by atoms with E-state index in [4.69, 9.17) is 11.6 Å². The van der Waals surface area contributed by atoms with Crippen LogP contribution in [-0.4, -0.2) is 11.8 Å².